The summed E-state index contributed by atoms with van der Waals surface area (Å²) in [7, 11) is 1.95. The average Bonchev–Trinajstić information content (AvgIpc) is 2.48. The molecule has 20 heavy (non-hydrogen) atoms. The van der Waals surface area contributed by atoms with Gasteiger partial charge in [-0.2, -0.15) is 0 Å². The highest BCUT2D eigenvalue weighted by Gasteiger charge is 2.09. The molecule has 0 saturated carbocycles. The van der Waals surface area contributed by atoms with Crippen LogP contribution >= 0.6 is 0 Å². The second-order valence-corrected chi connectivity index (χ2v) is 5.14. The molecule has 114 valence electrons. The molecule has 3 nitrogen and oxygen atoms in total. The van der Waals surface area contributed by atoms with Crippen molar-refractivity contribution in [2.75, 3.05) is 20.3 Å². The molecule has 1 aromatic rings. The number of benzene rings is 1. The fraction of sp³-hybridized carbons (Fsp3) is 0.647. The maximum Gasteiger partial charge on any atom is 0.127 e. The summed E-state index contributed by atoms with van der Waals surface area (Å²) in [5, 5.41) is 3.18. The van der Waals surface area contributed by atoms with Gasteiger partial charge in [0.15, 0.2) is 0 Å². The highest BCUT2D eigenvalue weighted by Crippen LogP contribution is 2.26. The third kappa shape index (κ3) is 5.41. The smallest absolute Gasteiger partial charge is 0.127 e. The van der Waals surface area contributed by atoms with Gasteiger partial charge in [0.05, 0.1) is 13.2 Å². The summed E-state index contributed by atoms with van der Waals surface area (Å²) < 4.78 is 11.7. The molecule has 0 bridgehead atoms. The first-order valence-electron chi connectivity index (χ1n) is 7.78. The summed E-state index contributed by atoms with van der Waals surface area (Å²) in [6.07, 6.45) is 3.33. The van der Waals surface area contributed by atoms with Gasteiger partial charge in [-0.3, -0.25) is 0 Å². The van der Waals surface area contributed by atoms with E-state index >= 15 is 0 Å². The van der Waals surface area contributed by atoms with Crippen LogP contribution in [0.5, 0.6) is 11.5 Å². The van der Waals surface area contributed by atoms with Crippen molar-refractivity contribution in [1.82, 2.24) is 5.32 Å². The molecule has 0 aliphatic carbocycles. The third-order valence-corrected chi connectivity index (χ3v) is 3.51. The molecular weight excluding hydrogens is 250 g/mol. The van der Waals surface area contributed by atoms with Crippen LogP contribution in [0.2, 0.25) is 0 Å². The van der Waals surface area contributed by atoms with E-state index in [9.17, 15) is 0 Å². The van der Waals surface area contributed by atoms with Crippen molar-refractivity contribution in [3.05, 3.63) is 23.8 Å². The van der Waals surface area contributed by atoms with Crippen LogP contribution in [0, 0.1) is 5.92 Å². The third-order valence-electron chi connectivity index (χ3n) is 3.51. The van der Waals surface area contributed by atoms with E-state index in [1.165, 1.54) is 5.56 Å². The molecular formula is C17H29NO2. The number of nitrogens with one attached hydrogen (secondary N) is 1. The van der Waals surface area contributed by atoms with Crippen LogP contribution in [-0.2, 0) is 6.54 Å². The zero-order chi connectivity index (χ0) is 14.8. The summed E-state index contributed by atoms with van der Waals surface area (Å²) in [5.74, 6) is 2.46. The first kappa shape index (κ1) is 16.8. The van der Waals surface area contributed by atoms with Crippen molar-refractivity contribution in [2.45, 2.75) is 46.6 Å². The molecule has 0 unspecified atom stereocenters. The number of rotatable bonds is 10. The Morgan fingerprint density at radius 2 is 1.85 bits per heavy atom. The monoisotopic (exact) mass is 279 g/mol. The topological polar surface area (TPSA) is 30.5 Å². The highest BCUT2D eigenvalue weighted by molar-refractivity contribution is 5.40. The molecule has 1 aromatic carbocycles. The predicted octanol–water partition coefficient (Wildman–Crippen LogP) is 4.01. The molecule has 0 aliphatic rings. The molecule has 0 amide bonds. The SMILES string of the molecule is CCCOc1ccc(CNC)c(OCC(CC)CC)c1. The van der Waals surface area contributed by atoms with Crippen molar-refractivity contribution >= 4 is 0 Å². The predicted molar refractivity (Wildman–Crippen MR) is 84.6 cm³/mol. The van der Waals surface area contributed by atoms with E-state index in [1.54, 1.807) is 0 Å². The van der Waals surface area contributed by atoms with E-state index in [2.05, 4.69) is 32.2 Å². The van der Waals surface area contributed by atoms with E-state index in [0.717, 1.165) is 50.5 Å². The van der Waals surface area contributed by atoms with Crippen molar-refractivity contribution in [2.24, 2.45) is 5.92 Å². The standard InChI is InChI=1S/C17H29NO2/c1-5-10-19-16-9-8-15(12-18-4)17(11-16)20-13-14(6-2)7-3/h8-9,11,14,18H,5-7,10,12-13H2,1-4H3. The van der Waals surface area contributed by atoms with Gasteiger partial charge < -0.3 is 14.8 Å². The second-order valence-electron chi connectivity index (χ2n) is 5.14. The van der Waals surface area contributed by atoms with Gasteiger partial charge in [-0.05, 0) is 25.5 Å². The lowest BCUT2D eigenvalue weighted by atomic mass is 10.1. The Hall–Kier alpha value is -1.22. The molecule has 0 atom stereocenters. The fourth-order valence-corrected chi connectivity index (χ4v) is 2.05. The zero-order valence-electron chi connectivity index (χ0n) is 13.4. The number of hydrogen-bond acceptors (Lipinski definition) is 3. The molecule has 0 aromatic heterocycles. The Morgan fingerprint density at radius 1 is 1.10 bits per heavy atom. The molecule has 1 N–H and O–H groups in total. The lowest BCUT2D eigenvalue weighted by Gasteiger charge is -2.17. The minimum atomic E-state index is 0.623. The second kappa shape index (κ2) is 9.65. The van der Waals surface area contributed by atoms with Gasteiger partial charge in [-0.25, -0.2) is 0 Å². The van der Waals surface area contributed by atoms with Crippen molar-refractivity contribution in [3.63, 3.8) is 0 Å². The lowest BCUT2D eigenvalue weighted by Crippen LogP contribution is -2.13. The van der Waals surface area contributed by atoms with Crippen LogP contribution in [0.3, 0.4) is 0 Å². The van der Waals surface area contributed by atoms with Crippen molar-refractivity contribution in [1.29, 1.82) is 0 Å². The minimum absolute atomic E-state index is 0.623. The average molecular weight is 279 g/mol. The zero-order valence-corrected chi connectivity index (χ0v) is 13.4. The van der Waals surface area contributed by atoms with Crippen LogP contribution < -0.4 is 14.8 Å². The number of hydrogen-bond donors (Lipinski definition) is 1. The summed E-state index contributed by atoms with van der Waals surface area (Å²) >= 11 is 0. The Kier molecular flexibility index (Phi) is 8.12. The minimum Gasteiger partial charge on any atom is -0.493 e. The first-order valence-corrected chi connectivity index (χ1v) is 7.78. The summed E-state index contributed by atoms with van der Waals surface area (Å²) in [5.41, 5.74) is 1.18. The van der Waals surface area contributed by atoms with Gasteiger partial charge in [-0.15, -0.1) is 0 Å². The van der Waals surface area contributed by atoms with E-state index < -0.39 is 0 Å². The maximum atomic E-state index is 6.03. The number of ether oxygens (including phenoxy) is 2. The van der Waals surface area contributed by atoms with Gasteiger partial charge in [-0.1, -0.05) is 39.7 Å². The van der Waals surface area contributed by atoms with Gasteiger partial charge in [0, 0.05) is 18.2 Å². The van der Waals surface area contributed by atoms with Crippen molar-refractivity contribution in [3.8, 4) is 11.5 Å². The fourth-order valence-electron chi connectivity index (χ4n) is 2.05. The quantitative estimate of drug-likeness (QED) is 0.702. The van der Waals surface area contributed by atoms with Gasteiger partial charge >= 0.3 is 0 Å². The van der Waals surface area contributed by atoms with E-state index in [4.69, 9.17) is 9.47 Å². The van der Waals surface area contributed by atoms with Gasteiger partial charge in [0.1, 0.15) is 11.5 Å². The molecule has 0 saturated heterocycles. The Balaban J connectivity index is 2.76. The molecule has 0 radical (unpaired) electrons. The molecule has 3 heteroatoms. The Morgan fingerprint density at radius 3 is 2.45 bits per heavy atom. The maximum absolute atomic E-state index is 6.03. The van der Waals surface area contributed by atoms with Gasteiger partial charge in [0.25, 0.3) is 0 Å². The summed E-state index contributed by atoms with van der Waals surface area (Å²) in [4.78, 5) is 0. The molecule has 0 spiro atoms. The Labute approximate surface area is 123 Å². The van der Waals surface area contributed by atoms with Crippen LogP contribution in [0.4, 0.5) is 0 Å². The first-order chi connectivity index (χ1) is 9.74. The van der Waals surface area contributed by atoms with Crippen LogP contribution in [0.15, 0.2) is 18.2 Å². The Bertz CT molecular complexity index is 375. The highest BCUT2D eigenvalue weighted by atomic mass is 16.5. The van der Waals surface area contributed by atoms with E-state index in [0.29, 0.717) is 5.92 Å². The molecule has 0 fully saturated rings. The molecule has 0 aliphatic heterocycles. The molecule has 1 rings (SSSR count). The summed E-state index contributed by atoms with van der Waals surface area (Å²) in [6, 6.07) is 6.13. The summed E-state index contributed by atoms with van der Waals surface area (Å²) in [6.45, 7) is 8.88. The largest absolute Gasteiger partial charge is 0.493 e. The van der Waals surface area contributed by atoms with Crippen molar-refractivity contribution < 1.29 is 9.47 Å². The van der Waals surface area contributed by atoms with E-state index in [-0.39, 0.29) is 0 Å². The van der Waals surface area contributed by atoms with Crippen LogP contribution in [0.1, 0.15) is 45.6 Å². The van der Waals surface area contributed by atoms with Crippen LogP contribution in [0.25, 0.3) is 0 Å². The lowest BCUT2D eigenvalue weighted by molar-refractivity contribution is 0.236. The normalized spacial score (nSPS) is 10.8. The molecule has 0 heterocycles. The van der Waals surface area contributed by atoms with Crippen LogP contribution in [-0.4, -0.2) is 20.3 Å². The van der Waals surface area contributed by atoms with Gasteiger partial charge in [0.2, 0.25) is 0 Å². The van der Waals surface area contributed by atoms with E-state index in [1.807, 2.05) is 19.2 Å².